The predicted octanol–water partition coefficient (Wildman–Crippen LogP) is 3.73. The van der Waals surface area contributed by atoms with Crippen molar-refractivity contribution < 1.29 is 14.6 Å². The molecular weight excluding hydrogens is 288 g/mol. The average molecular weight is 306 g/mol. The Morgan fingerprint density at radius 3 is 1.96 bits per heavy atom. The summed E-state index contributed by atoms with van der Waals surface area (Å²) in [5.74, 6) is -0.519. The molecule has 0 aromatic heterocycles. The highest BCUT2D eigenvalue weighted by Crippen LogP contribution is 2.13. The van der Waals surface area contributed by atoms with Crippen LogP contribution in [-0.4, -0.2) is 17.4 Å². The molecule has 0 saturated carbocycles. The quantitative estimate of drug-likeness (QED) is 0.643. The van der Waals surface area contributed by atoms with Crippen molar-refractivity contribution in [1.29, 1.82) is 0 Å². The highest BCUT2D eigenvalue weighted by Gasteiger charge is 2.20. The number of carbonyl (C=O) groups is 1. The van der Waals surface area contributed by atoms with Gasteiger partial charge in [0.25, 0.3) is 0 Å². The monoisotopic (exact) mass is 306 g/mol. The number of rotatable bonds is 6. The fourth-order valence-corrected chi connectivity index (χ4v) is 1.83. The summed E-state index contributed by atoms with van der Waals surface area (Å²) >= 11 is 0. The van der Waals surface area contributed by atoms with Gasteiger partial charge in [0.2, 0.25) is 6.29 Å². The Morgan fingerprint density at radius 1 is 0.826 bits per heavy atom. The first-order chi connectivity index (χ1) is 11.3. The van der Waals surface area contributed by atoms with Crippen molar-refractivity contribution in [3.63, 3.8) is 0 Å². The molecular formula is C20H18O3. The Hall–Kier alpha value is -2.91. The molecule has 1 heterocycles. The van der Waals surface area contributed by atoms with Crippen LogP contribution in [0, 0.1) is 0 Å². The number of hydrogen-bond acceptors (Lipinski definition) is 3. The molecule has 1 aromatic carbocycles. The second-order valence-corrected chi connectivity index (χ2v) is 4.72. The molecule has 0 spiro atoms. The van der Waals surface area contributed by atoms with Crippen LogP contribution in [0.3, 0.4) is 0 Å². The maximum atomic E-state index is 10.9. The maximum absolute atomic E-state index is 10.9. The van der Waals surface area contributed by atoms with E-state index in [1.807, 2.05) is 72.9 Å². The topological polar surface area (TPSA) is 46.5 Å². The summed E-state index contributed by atoms with van der Waals surface area (Å²) < 4.78 is 4.56. The lowest BCUT2D eigenvalue weighted by Crippen LogP contribution is -2.08. The minimum atomic E-state index is -1.15. The van der Waals surface area contributed by atoms with Gasteiger partial charge in [-0.1, -0.05) is 91.1 Å². The molecule has 1 N–H and O–H groups in total. The third-order valence-electron chi connectivity index (χ3n) is 2.95. The number of allylic oxidation sites excluding steroid dienone is 8. The van der Waals surface area contributed by atoms with Crippen molar-refractivity contribution >= 4 is 12.0 Å². The van der Waals surface area contributed by atoms with Gasteiger partial charge >= 0.3 is 5.97 Å². The van der Waals surface area contributed by atoms with Gasteiger partial charge in [0.05, 0.1) is 0 Å². The second-order valence-electron chi connectivity index (χ2n) is 4.72. The Bertz CT molecular complexity index is 689. The molecule has 0 bridgehead atoms. The molecule has 0 saturated heterocycles. The van der Waals surface area contributed by atoms with E-state index in [-0.39, 0.29) is 0 Å². The van der Waals surface area contributed by atoms with Crippen LogP contribution in [0.1, 0.15) is 5.56 Å². The Morgan fingerprint density at radius 2 is 1.39 bits per heavy atom. The predicted molar refractivity (Wildman–Crippen MR) is 92.2 cm³/mol. The van der Waals surface area contributed by atoms with Crippen molar-refractivity contribution in [2.75, 3.05) is 0 Å². The van der Waals surface area contributed by atoms with Crippen LogP contribution in [0.2, 0.25) is 0 Å². The van der Waals surface area contributed by atoms with Gasteiger partial charge in [-0.2, -0.15) is 0 Å². The molecule has 0 radical (unpaired) electrons. The summed E-state index contributed by atoms with van der Waals surface area (Å²) in [4.78, 5) is 10.9. The van der Waals surface area contributed by atoms with Gasteiger partial charge in [-0.05, 0) is 5.56 Å². The summed E-state index contributed by atoms with van der Waals surface area (Å²) in [6, 6.07) is 10.1. The van der Waals surface area contributed by atoms with Crippen LogP contribution in [0.15, 0.2) is 96.7 Å². The fourth-order valence-electron chi connectivity index (χ4n) is 1.83. The van der Waals surface area contributed by atoms with Gasteiger partial charge in [0, 0.05) is 11.6 Å². The molecule has 1 unspecified atom stereocenters. The Kier molecular flexibility index (Phi) is 6.57. The first-order valence-electron chi connectivity index (χ1n) is 7.26. The van der Waals surface area contributed by atoms with Gasteiger partial charge < -0.3 is 9.84 Å². The molecule has 3 nitrogen and oxygen atoms in total. The lowest BCUT2D eigenvalue weighted by molar-refractivity contribution is -0.150. The molecule has 0 amide bonds. The Labute approximate surface area is 135 Å². The number of hydrogen-bond donors (Lipinski definition) is 1. The largest absolute Gasteiger partial charge is 0.428 e. The summed E-state index contributed by atoms with van der Waals surface area (Å²) in [6.45, 7) is 0. The van der Waals surface area contributed by atoms with E-state index in [1.165, 1.54) is 6.08 Å². The van der Waals surface area contributed by atoms with Gasteiger partial charge in [0.15, 0.2) is 0 Å². The molecule has 116 valence electrons. The molecule has 0 fully saturated rings. The number of ether oxygens (including phenoxy) is 1. The van der Waals surface area contributed by atoms with Crippen LogP contribution in [0.25, 0.3) is 6.08 Å². The SMILES string of the molecule is O=C1C=C(/C=C/C=C/C=C/C=C/C=C/c2ccccc2)C(O)O1. The molecule has 1 aromatic rings. The van der Waals surface area contributed by atoms with Crippen molar-refractivity contribution in [3.05, 3.63) is 102 Å². The van der Waals surface area contributed by atoms with E-state index < -0.39 is 12.3 Å². The normalized spacial score (nSPS) is 18.9. The van der Waals surface area contributed by atoms with E-state index >= 15 is 0 Å². The first kappa shape index (κ1) is 16.5. The van der Waals surface area contributed by atoms with Crippen molar-refractivity contribution in [2.45, 2.75) is 6.29 Å². The van der Waals surface area contributed by atoms with Crippen LogP contribution >= 0.6 is 0 Å². The average Bonchev–Trinajstić information content (AvgIpc) is 2.88. The lowest BCUT2D eigenvalue weighted by atomic mass is 10.2. The number of aliphatic hydroxyl groups excluding tert-OH is 1. The van der Waals surface area contributed by atoms with E-state index in [9.17, 15) is 9.90 Å². The Balaban J connectivity index is 1.72. The zero-order chi connectivity index (χ0) is 16.3. The maximum Gasteiger partial charge on any atom is 0.333 e. The fraction of sp³-hybridized carbons (Fsp3) is 0.0500. The van der Waals surface area contributed by atoms with E-state index in [0.717, 1.165) is 5.56 Å². The minimum Gasteiger partial charge on any atom is -0.428 e. The van der Waals surface area contributed by atoms with Gasteiger partial charge in [-0.25, -0.2) is 4.79 Å². The number of esters is 1. The van der Waals surface area contributed by atoms with Crippen molar-refractivity contribution in [3.8, 4) is 0 Å². The van der Waals surface area contributed by atoms with Crippen LogP contribution in [0.5, 0.6) is 0 Å². The summed E-state index contributed by atoms with van der Waals surface area (Å²) in [6.07, 6.45) is 18.9. The summed E-state index contributed by atoms with van der Waals surface area (Å²) in [5, 5.41) is 9.35. The highest BCUT2D eigenvalue weighted by molar-refractivity contribution is 5.86. The second kappa shape index (κ2) is 9.18. The lowest BCUT2D eigenvalue weighted by Gasteiger charge is -2.01. The third kappa shape index (κ3) is 6.16. The van der Waals surface area contributed by atoms with Gasteiger partial charge in [0.1, 0.15) is 0 Å². The van der Waals surface area contributed by atoms with Crippen molar-refractivity contribution in [1.82, 2.24) is 0 Å². The van der Waals surface area contributed by atoms with E-state index in [1.54, 1.807) is 18.2 Å². The minimum absolute atomic E-state index is 0.453. The highest BCUT2D eigenvalue weighted by atomic mass is 16.6. The van der Waals surface area contributed by atoms with Crippen molar-refractivity contribution in [2.24, 2.45) is 0 Å². The molecule has 0 aliphatic carbocycles. The molecule has 1 aliphatic rings. The van der Waals surface area contributed by atoms with E-state index in [0.29, 0.717) is 5.57 Å². The van der Waals surface area contributed by atoms with E-state index in [4.69, 9.17) is 0 Å². The molecule has 23 heavy (non-hydrogen) atoms. The van der Waals surface area contributed by atoms with Crippen LogP contribution in [-0.2, 0) is 9.53 Å². The first-order valence-corrected chi connectivity index (χ1v) is 7.26. The van der Waals surface area contributed by atoms with Gasteiger partial charge in [-0.15, -0.1) is 0 Å². The smallest absolute Gasteiger partial charge is 0.333 e. The number of carbonyl (C=O) groups excluding carboxylic acids is 1. The third-order valence-corrected chi connectivity index (χ3v) is 2.95. The standard InChI is InChI=1S/C20H18O3/c21-19-16-18(20(22)23-19)15-11-6-4-2-1-3-5-8-12-17-13-9-7-10-14-17/h1-16,20,22H/b2-1+,5-3+,6-4+,12-8+,15-11+. The van der Waals surface area contributed by atoms with Gasteiger partial charge in [-0.3, -0.25) is 0 Å². The zero-order valence-electron chi connectivity index (χ0n) is 12.6. The summed E-state index contributed by atoms with van der Waals surface area (Å²) in [5.41, 5.74) is 1.62. The molecule has 1 aliphatic heterocycles. The molecule has 2 rings (SSSR count). The molecule has 3 heteroatoms. The zero-order valence-corrected chi connectivity index (χ0v) is 12.6. The summed E-state index contributed by atoms with van der Waals surface area (Å²) in [7, 11) is 0. The van der Waals surface area contributed by atoms with Crippen LogP contribution < -0.4 is 0 Å². The number of aliphatic hydroxyl groups is 1. The number of cyclic esters (lactones) is 1. The number of benzene rings is 1. The van der Waals surface area contributed by atoms with E-state index in [2.05, 4.69) is 4.74 Å². The van der Waals surface area contributed by atoms with Crippen LogP contribution in [0.4, 0.5) is 0 Å². The molecule has 1 atom stereocenters.